The topological polar surface area (TPSA) is 153 Å². The van der Waals surface area contributed by atoms with E-state index >= 15 is 0 Å². The zero-order valence-corrected chi connectivity index (χ0v) is 19.5. The number of hydrogen-bond donors (Lipinski definition) is 0. The van der Waals surface area contributed by atoms with Gasteiger partial charge in [0, 0.05) is 0 Å². The molecule has 0 aromatic rings. The minimum absolute atomic E-state index is 0. The Morgan fingerprint density at radius 1 is 1.03 bits per heavy atom. The van der Waals surface area contributed by atoms with Crippen molar-refractivity contribution in [1.82, 2.24) is 0 Å². The summed E-state index contributed by atoms with van der Waals surface area (Å²) in [5.41, 5.74) is -0.917. The van der Waals surface area contributed by atoms with Crippen LogP contribution >= 0.6 is 0 Å². The van der Waals surface area contributed by atoms with E-state index in [1.165, 1.54) is 14.2 Å². The molecule has 0 aromatic heterocycles. The normalized spacial score (nSPS) is 20.7. The second-order valence-corrected chi connectivity index (χ2v) is 5.64. The Kier molecular flexibility index (Phi) is 19.9. The molecule has 3 aliphatic rings. The molecule has 0 amide bonds. The summed E-state index contributed by atoms with van der Waals surface area (Å²) in [6, 6.07) is 1.90. The van der Waals surface area contributed by atoms with Gasteiger partial charge in [-0.25, -0.2) is 5.57 Å². The first-order valence-electron chi connectivity index (χ1n) is 8.01. The summed E-state index contributed by atoms with van der Waals surface area (Å²) in [7, 11) is 2.37. The van der Waals surface area contributed by atoms with Crippen molar-refractivity contribution < 1.29 is 58.9 Å². The van der Waals surface area contributed by atoms with Gasteiger partial charge in [0.1, 0.15) is 0 Å². The van der Waals surface area contributed by atoms with Crippen molar-refractivity contribution in [3.63, 3.8) is 0 Å². The van der Waals surface area contributed by atoms with E-state index in [0.717, 1.165) is 0 Å². The molecule has 10 heteroatoms. The van der Waals surface area contributed by atoms with Crippen LogP contribution in [0, 0.1) is 86.7 Å². The average molecular weight is 595 g/mol. The van der Waals surface area contributed by atoms with Crippen molar-refractivity contribution in [2.45, 2.75) is 12.8 Å². The fraction of sp³-hybridized carbons (Fsp3) is 0.333. The molecule has 3 rings (SSSR count). The number of allylic oxidation sites excluding steroid dienone is 2. The molecule has 2 atom stereocenters. The Morgan fingerprint density at radius 3 is 1.74 bits per heavy atom. The summed E-state index contributed by atoms with van der Waals surface area (Å²) >= 11 is 0. The third-order valence-electron chi connectivity index (χ3n) is 4.32. The SMILES string of the molecule is COC(=O)C1(C(=O)OC)CC2=[C-]C(=O)[C@@H](C#N)[C@@H]2C1.[C-]#[O+].[C-]#[O+].[C-]#[O+].[CH]1[CH][CH][CH][CH]1.[W+2]. The smallest absolute Gasteiger partial charge is 0.0312 e. The minimum Gasteiger partial charge on any atom is -0.0312 e. The molecule has 9 nitrogen and oxygen atoms in total. The van der Waals surface area contributed by atoms with Crippen molar-refractivity contribution in [2.24, 2.45) is 17.3 Å². The molecule has 0 N–H and O–H groups in total. The van der Waals surface area contributed by atoms with Crippen LogP contribution in [0.2, 0.25) is 0 Å². The van der Waals surface area contributed by atoms with E-state index in [0.29, 0.717) is 5.57 Å². The van der Waals surface area contributed by atoms with Gasteiger partial charge in [0.2, 0.25) is 0 Å². The predicted molar refractivity (Wildman–Crippen MR) is 93.3 cm³/mol. The number of carbonyl (C=O) groups is 3. The fourth-order valence-electron chi connectivity index (χ4n) is 3.16. The van der Waals surface area contributed by atoms with E-state index in [1.807, 2.05) is 38.2 Å². The van der Waals surface area contributed by atoms with E-state index in [1.54, 1.807) is 0 Å². The maximum Gasteiger partial charge on any atom is 2.00 e. The number of carbonyl (C=O) groups excluding carboxylic acids is 3. The van der Waals surface area contributed by atoms with E-state index < -0.39 is 29.2 Å². The number of ether oxygens (including phenoxy) is 2. The number of nitriles is 1. The second-order valence-electron chi connectivity index (χ2n) is 5.64. The van der Waals surface area contributed by atoms with Gasteiger partial charge < -0.3 is 20.3 Å². The monoisotopic (exact) mass is 595 g/mol. The molecule has 2 saturated carbocycles. The van der Waals surface area contributed by atoms with Crippen molar-refractivity contribution in [3.8, 4) is 6.07 Å². The first-order valence-corrected chi connectivity index (χ1v) is 8.01. The largest absolute Gasteiger partial charge is 2.00 e. The zero-order valence-electron chi connectivity index (χ0n) is 16.6. The summed E-state index contributed by atoms with van der Waals surface area (Å²) < 4.78 is 31.8. The second kappa shape index (κ2) is 18.5. The molecule has 0 spiro atoms. The maximum absolute atomic E-state index is 11.9. The first-order chi connectivity index (χ1) is 14.5. The van der Waals surface area contributed by atoms with E-state index in [4.69, 9.17) is 19.2 Å². The predicted octanol–water partition coefficient (Wildman–Crippen LogP) is 1.09. The van der Waals surface area contributed by atoms with Gasteiger partial charge >= 0.3 is 66.9 Å². The molecule has 159 valence electrons. The van der Waals surface area contributed by atoms with Crippen LogP contribution in [-0.4, -0.2) is 31.9 Å². The van der Waals surface area contributed by atoms with Gasteiger partial charge in [-0.15, -0.1) is 0 Å². The van der Waals surface area contributed by atoms with Crippen LogP contribution < -0.4 is 0 Å². The van der Waals surface area contributed by atoms with Crippen LogP contribution in [0.25, 0.3) is 0 Å². The number of Topliss-reactive ketones (excluding diaryl/α,β-unsaturated/α-hetero) is 1. The number of fused-ring (bicyclic) bond motifs is 1. The Hall–Kier alpha value is -2.25. The molecular weight excluding hydrogens is 578 g/mol. The van der Waals surface area contributed by atoms with Gasteiger partial charge in [-0.3, -0.25) is 9.59 Å². The number of methoxy groups -OCH3 is 2. The Morgan fingerprint density at radius 2 is 1.42 bits per heavy atom. The summed E-state index contributed by atoms with van der Waals surface area (Å²) in [5.74, 6) is -3.10. The van der Waals surface area contributed by atoms with Gasteiger partial charge in [0.05, 0.1) is 26.2 Å². The van der Waals surface area contributed by atoms with Gasteiger partial charge in [-0.2, -0.15) is 5.26 Å². The van der Waals surface area contributed by atoms with Crippen molar-refractivity contribution in [2.75, 3.05) is 14.2 Å². The van der Waals surface area contributed by atoms with Crippen molar-refractivity contribution in [3.05, 3.63) is 63.7 Å². The summed E-state index contributed by atoms with van der Waals surface area (Å²) in [6.45, 7) is 13.5. The molecule has 0 saturated heterocycles. The standard InChI is InChI=1S/C13H12NO5.C5H5.3CO.W/c1-18-11(16)13(12(17)19-2)4-7-3-10(15)9(6-14)8(7)5-13;1-2-4-5-3-1;3*1-2;/h8-9H,4-5H2,1-2H3;1-5H;;;;/q-1;;;;;+2/t8-,9+;;;;;/m1...../s1. The molecular formula is C21H17NO8W+. The molecule has 0 unspecified atom stereocenters. The molecule has 5 radical (unpaired) electrons. The van der Waals surface area contributed by atoms with Crippen LogP contribution in [0.15, 0.2) is 5.57 Å². The van der Waals surface area contributed by atoms with Crippen LogP contribution in [0.4, 0.5) is 0 Å². The van der Waals surface area contributed by atoms with Crippen molar-refractivity contribution in [1.29, 1.82) is 5.26 Å². The average Bonchev–Trinajstić information content (AvgIpc) is 3.55. The van der Waals surface area contributed by atoms with Crippen LogP contribution in [0.1, 0.15) is 12.8 Å². The molecule has 31 heavy (non-hydrogen) atoms. The number of nitrogens with zero attached hydrogens (tertiary/aromatic N) is 1. The van der Waals surface area contributed by atoms with Crippen LogP contribution in [0.3, 0.4) is 0 Å². The Bertz CT molecular complexity index is 690. The molecule has 0 aromatic carbocycles. The number of rotatable bonds is 2. The number of hydrogen-bond acceptors (Lipinski definition) is 6. The van der Waals surface area contributed by atoms with Crippen LogP contribution in [-0.2, 0) is 58.9 Å². The van der Waals surface area contributed by atoms with Gasteiger partial charge in [-0.1, -0.05) is 0 Å². The zero-order chi connectivity index (χ0) is 23.7. The molecule has 0 heterocycles. The third-order valence-corrected chi connectivity index (χ3v) is 4.32. The quantitative estimate of drug-likeness (QED) is 0.202. The Balaban J connectivity index is -0.000000549. The van der Waals surface area contributed by atoms with Crippen LogP contribution in [0.5, 0.6) is 0 Å². The first kappa shape index (κ1) is 33.4. The third kappa shape index (κ3) is 8.42. The molecule has 0 bridgehead atoms. The summed E-state index contributed by atoms with van der Waals surface area (Å²) in [5, 5.41) is 8.99. The fourth-order valence-corrected chi connectivity index (χ4v) is 3.16. The Labute approximate surface area is 195 Å². The van der Waals surface area contributed by atoms with Gasteiger partial charge in [-0.05, 0) is 56.6 Å². The van der Waals surface area contributed by atoms with E-state index in [2.05, 4.69) is 35.5 Å². The molecule has 0 aliphatic heterocycles. The van der Waals surface area contributed by atoms with E-state index in [-0.39, 0.29) is 39.7 Å². The van der Waals surface area contributed by atoms with Gasteiger partial charge in [0.15, 0.2) is 5.41 Å². The molecule has 2 fully saturated rings. The van der Waals surface area contributed by atoms with Gasteiger partial charge in [0.25, 0.3) is 0 Å². The number of esters is 2. The molecule has 3 aliphatic carbocycles. The minimum atomic E-state index is -1.45. The summed E-state index contributed by atoms with van der Waals surface area (Å²) in [6.07, 6.45) is 12.7. The number of ketones is 1. The maximum atomic E-state index is 11.9. The van der Waals surface area contributed by atoms with Crippen molar-refractivity contribution >= 4 is 17.7 Å². The van der Waals surface area contributed by atoms with E-state index in [9.17, 15) is 14.4 Å². The summed E-state index contributed by atoms with van der Waals surface area (Å²) in [4.78, 5) is 35.3.